The fourth-order valence-corrected chi connectivity index (χ4v) is 5.76. The first-order valence-electron chi connectivity index (χ1n) is 10.1. The zero-order chi connectivity index (χ0) is 18.5. The van der Waals surface area contributed by atoms with E-state index in [1.807, 2.05) is 12.4 Å². The Morgan fingerprint density at radius 1 is 1.15 bits per heavy atom. The van der Waals surface area contributed by atoms with E-state index >= 15 is 0 Å². The van der Waals surface area contributed by atoms with Gasteiger partial charge in [0.2, 0.25) is 0 Å². The smallest absolute Gasteiger partial charge is 0.162 e. The maximum Gasteiger partial charge on any atom is 0.162 e. The van der Waals surface area contributed by atoms with Crippen molar-refractivity contribution in [1.29, 1.82) is 0 Å². The predicted octanol–water partition coefficient (Wildman–Crippen LogP) is 3.24. The molecule has 6 heteroatoms. The quantitative estimate of drug-likeness (QED) is 0.824. The van der Waals surface area contributed by atoms with E-state index in [0.29, 0.717) is 17.5 Å². The lowest BCUT2D eigenvalue weighted by Crippen LogP contribution is -2.60. The monoisotopic (exact) mass is 372 g/mol. The lowest BCUT2D eigenvalue weighted by Gasteiger charge is -2.51. The van der Waals surface area contributed by atoms with Crippen molar-refractivity contribution in [2.24, 2.45) is 5.92 Å². The molecule has 5 heterocycles. The molecule has 4 nitrogen and oxygen atoms in total. The summed E-state index contributed by atoms with van der Waals surface area (Å²) in [5.74, 6) is 0.319. The molecule has 4 aliphatic rings. The normalized spacial score (nSPS) is 32.8. The van der Waals surface area contributed by atoms with Crippen LogP contribution in [0.25, 0.3) is 0 Å². The summed E-state index contributed by atoms with van der Waals surface area (Å²) in [6.07, 6.45) is 6.28. The molecule has 4 fully saturated rings. The average Bonchev–Trinajstić information content (AvgIpc) is 3.31. The molecular weight excluding hydrogens is 346 g/mol. The van der Waals surface area contributed by atoms with Crippen LogP contribution >= 0.6 is 0 Å². The standard InChI is InChI=1S/C21H26F2N4/c1-2-25-11-8-24-18(25)13-27-12-16(15-4-3-5-17(22)19(15)23)21-20(27)14-6-9-26(21)10-7-14/h3-5,8,11,14,16,20-21H,2,6-7,9-10,12-13H2,1H3/t16-,20+,21+/m0/s1. The van der Waals surface area contributed by atoms with Crippen LogP contribution in [0, 0.1) is 17.6 Å². The molecule has 1 aromatic carbocycles. The van der Waals surface area contributed by atoms with E-state index < -0.39 is 11.6 Å². The summed E-state index contributed by atoms with van der Waals surface area (Å²) >= 11 is 0. The molecule has 1 aromatic heterocycles. The minimum absolute atomic E-state index is 0.0128. The molecule has 2 aromatic rings. The second-order valence-corrected chi connectivity index (χ2v) is 8.16. The molecule has 4 saturated heterocycles. The van der Waals surface area contributed by atoms with Gasteiger partial charge in [0.1, 0.15) is 5.82 Å². The van der Waals surface area contributed by atoms with Crippen molar-refractivity contribution < 1.29 is 8.78 Å². The predicted molar refractivity (Wildman–Crippen MR) is 99.3 cm³/mol. The Bertz CT molecular complexity index is 827. The molecule has 27 heavy (non-hydrogen) atoms. The third-order valence-electron chi connectivity index (χ3n) is 6.96. The highest BCUT2D eigenvalue weighted by Gasteiger charge is 2.53. The minimum Gasteiger partial charge on any atom is -0.334 e. The number of hydrogen-bond donors (Lipinski definition) is 0. The van der Waals surface area contributed by atoms with Crippen LogP contribution in [-0.4, -0.2) is 51.1 Å². The number of hydrogen-bond acceptors (Lipinski definition) is 3. The fraction of sp³-hybridized carbons (Fsp3) is 0.571. The lowest BCUT2D eigenvalue weighted by atomic mass is 9.75. The number of benzene rings is 1. The molecule has 2 bridgehead atoms. The SMILES string of the molecule is CCn1ccnc1CN1C[C@@H](c2cccc(F)c2F)[C@@H]2[C@H]1C1CCN2CC1. The van der Waals surface area contributed by atoms with Gasteiger partial charge in [-0.15, -0.1) is 0 Å². The number of aromatic nitrogens is 2. The van der Waals surface area contributed by atoms with Crippen LogP contribution < -0.4 is 0 Å². The summed E-state index contributed by atoms with van der Waals surface area (Å²) in [7, 11) is 0. The second kappa shape index (κ2) is 6.67. The lowest BCUT2D eigenvalue weighted by molar-refractivity contribution is -0.00970. The van der Waals surface area contributed by atoms with Crippen LogP contribution in [0.15, 0.2) is 30.6 Å². The molecule has 0 N–H and O–H groups in total. The van der Waals surface area contributed by atoms with Gasteiger partial charge in [0.05, 0.1) is 6.54 Å². The maximum atomic E-state index is 14.6. The zero-order valence-corrected chi connectivity index (χ0v) is 15.7. The van der Waals surface area contributed by atoms with Gasteiger partial charge in [-0.25, -0.2) is 13.8 Å². The van der Waals surface area contributed by atoms with Gasteiger partial charge in [-0.3, -0.25) is 9.80 Å². The number of fused-ring (bicyclic) bond motifs is 2. The van der Waals surface area contributed by atoms with Crippen molar-refractivity contribution in [2.45, 2.75) is 50.9 Å². The average molecular weight is 372 g/mol. The van der Waals surface area contributed by atoms with Gasteiger partial charge >= 0.3 is 0 Å². The minimum atomic E-state index is -0.736. The number of imidazole rings is 1. The van der Waals surface area contributed by atoms with Crippen LogP contribution in [0.2, 0.25) is 0 Å². The van der Waals surface area contributed by atoms with E-state index in [9.17, 15) is 8.78 Å². The van der Waals surface area contributed by atoms with E-state index in [-0.39, 0.29) is 12.0 Å². The molecule has 0 aliphatic carbocycles. The molecular formula is C21H26F2N4. The zero-order valence-electron chi connectivity index (χ0n) is 15.7. The highest BCUT2D eigenvalue weighted by atomic mass is 19.2. The maximum absolute atomic E-state index is 14.6. The molecule has 144 valence electrons. The van der Waals surface area contributed by atoms with Crippen molar-refractivity contribution in [2.75, 3.05) is 19.6 Å². The second-order valence-electron chi connectivity index (χ2n) is 8.16. The summed E-state index contributed by atoms with van der Waals surface area (Å²) in [5, 5.41) is 0. The van der Waals surface area contributed by atoms with Gasteiger partial charge in [-0.2, -0.15) is 0 Å². The molecule has 0 unspecified atom stereocenters. The van der Waals surface area contributed by atoms with Gasteiger partial charge in [0, 0.05) is 43.5 Å². The number of aryl methyl sites for hydroxylation is 1. The Kier molecular flexibility index (Phi) is 4.28. The number of rotatable bonds is 4. The van der Waals surface area contributed by atoms with E-state index in [0.717, 1.165) is 38.5 Å². The third-order valence-corrected chi connectivity index (χ3v) is 6.96. The van der Waals surface area contributed by atoms with E-state index in [4.69, 9.17) is 0 Å². The Hall–Kier alpha value is -1.79. The Morgan fingerprint density at radius 2 is 1.96 bits per heavy atom. The highest BCUT2D eigenvalue weighted by Crippen LogP contribution is 2.47. The molecule has 0 spiro atoms. The molecule has 0 amide bonds. The van der Waals surface area contributed by atoms with Crippen molar-refractivity contribution >= 4 is 0 Å². The topological polar surface area (TPSA) is 24.3 Å². The van der Waals surface area contributed by atoms with Gasteiger partial charge in [-0.1, -0.05) is 12.1 Å². The van der Waals surface area contributed by atoms with Crippen LogP contribution in [0.3, 0.4) is 0 Å². The summed E-state index contributed by atoms with van der Waals surface area (Å²) < 4.78 is 30.8. The fourth-order valence-electron chi connectivity index (χ4n) is 5.76. The summed E-state index contributed by atoms with van der Waals surface area (Å²) in [6, 6.07) is 5.32. The Balaban J connectivity index is 1.51. The van der Waals surface area contributed by atoms with Crippen LogP contribution in [-0.2, 0) is 13.1 Å². The molecule has 6 rings (SSSR count). The first kappa shape index (κ1) is 17.3. The number of halogens is 2. The van der Waals surface area contributed by atoms with Crippen LogP contribution in [0.5, 0.6) is 0 Å². The molecule has 4 aliphatic heterocycles. The highest BCUT2D eigenvalue weighted by molar-refractivity contribution is 5.29. The number of nitrogens with zero attached hydrogens (tertiary/aromatic N) is 4. The molecule has 0 radical (unpaired) electrons. The van der Waals surface area contributed by atoms with Gasteiger partial charge in [0.25, 0.3) is 0 Å². The molecule has 3 atom stereocenters. The van der Waals surface area contributed by atoms with Gasteiger partial charge in [0.15, 0.2) is 11.6 Å². The van der Waals surface area contributed by atoms with Crippen LogP contribution in [0.1, 0.15) is 37.1 Å². The first-order valence-corrected chi connectivity index (χ1v) is 10.1. The van der Waals surface area contributed by atoms with Crippen molar-refractivity contribution in [3.63, 3.8) is 0 Å². The summed E-state index contributed by atoms with van der Waals surface area (Å²) in [5.41, 5.74) is 0.541. The van der Waals surface area contributed by atoms with Crippen molar-refractivity contribution in [3.8, 4) is 0 Å². The van der Waals surface area contributed by atoms with Gasteiger partial charge in [-0.05, 0) is 50.4 Å². The third kappa shape index (κ3) is 2.72. The Labute approximate surface area is 158 Å². The largest absolute Gasteiger partial charge is 0.334 e. The van der Waals surface area contributed by atoms with Crippen molar-refractivity contribution in [3.05, 3.63) is 53.6 Å². The van der Waals surface area contributed by atoms with E-state index in [1.165, 1.54) is 18.9 Å². The summed E-state index contributed by atoms with van der Waals surface area (Å²) in [4.78, 5) is 9.56. The molecule has 0 saturated carbocycles. The summed E-state index contributed by atoms with van der Waals surface area (Å²) in [6.45, 7) is 6.72. The Morgan fingerprint density at radius 3 is 2.74 bits per heavy atom. The van der Waals surface area contributed by atoms with Crippen LogP contribution in [0.4, 0.5) is 8.78 Å². The first-order chi connectivity index (χ1) is 13.2. The van der Waals surface area contributed by atoms with Gasteiger partial charge < -0.3 is 4.57 Å². The van der Waals surface area contributed by atoms with E-state index in [2.05, 4.69) is 26.3 Å². The number of likely N-dealkylation sites (tertiary alicyclic amines) is 1. The van der Waals surface area contributed by atoms with Crippen molar-refractivity contribution in [1.82, 2.24) is 19.4 Å². The number of piperidine rings is 3. The van der Waals surface area contributed by atoms with E-state index in [1.54, 1.807) is 12.1 Å².